The summed E-state index contributed by atoms with van der Waals surface area (Å²) < 4.78 is 55.7. The van der Waals surface area contributed by atoms with E-state index in [2.05, 4.69) is 15.9 Å². The minimum atomic E-state index is -4.09. The van der Waals surface area contributed by atoms with Gasteiger partial charge in [-0.3, -0.25) is 0 Å². The molecule has 0 N–H and O–H groups in total. The van der Waals surface area contributed by atoms with E-state index >= 15 is 0 Å². The summed E-state index contributed by atoms with van der Waals surface area (Å²) in [5.74, 6) is 0. The van der Waals surface area contributed by atoms with Crippen LogP contribution in [-0.2, 0) is 0 Å². The van der Waals surface area contributed by atoms with Gasteiger partial charge in [-0.25, -0.2) is 8.78 Å². The highest BCUT2D eigenvalue weighted by Crippen LogP contribution is 2.50. The first-order chi connectivity index (χ1) is 7.97. The zero-order chi connectivity index (χ0) is 14.2. The molecule has 102 valence electrons. The maximum absolute atomic E-state index is 13.8. The molecular weight excluding hydrogens is 348 g/mol. The van der Waals surface area contributed by atoms with Gasteiger partial charge in [-0.2, -0.15) is 8.78 Å². The minimum Gasteiger partial charge on any atom is -0.204 e. The van der Waals surface area contributed by atoms with Gasteiger partial charge in [0, 0.05) is 9.37 Å². The summed E-state index contributed by atoms with van der Waals surface area (Å²) in [5, 5.41) is -4.09. The van der Waals surface area contributed by atoms with E-state index in [0.717, 1.165) is 0 Å². The molecule has 0 radical (unpaired) electrons. The van der Waals surface area contributed by atoms with Crippen LogP contribution in [0.15, 0.2) is 33.6 Å². The molecule has 0 atom stereocenters. The van der Waals surface area contributed by atoms with Crippen molar-refractivity contribution in [2.24, 2.45) is 0 Å². The van der Waals surface area contributed by atoms with Gasteiger partial charge in [0.15, 0.2) is 0 Å². The first-order valence-electron chi connectivity index (χ1n) is 5.17. The van der Waals surface area contributed by atoms with Gasteiger partial charge in [0.2, 0.25) is 0 Å². The highest BCUT2D eigenvalue weighted by Gasteiger charge is 2.64. The standard InChI is InChI=1S/C11H13BrF4SSi/c1-18(2,3)11(15,16)10(13,14)17-9-6-4-8(12)5-7-9/h4-7H,1-3H3. The van der Waals surface area contributed by atoms with Gasteiger partial charge in [0.1, 0.15) is 8.07 Å². The summed E-state index contributed by atoms with van der Waals surface area (Å²) in [6, 6.07) is 5.88. The zero-order valence-electron chi connectivity index (χ0n) is 10.1. The molecule has 0 nitrogen and oxygen atoms in total. The number of benzene rings is 1. The fourth-order valence-corrected chi connectivity index (χ4v) is 4.06. The van der Waals surface area contributed by atoms with Crippen molar-refractivity contribution in [1.82, 2.24) is 0 Å². The maximum atomic E-state index is 13.8. The molecule has 0 heterocycles. The van der Waals surface area contributed by atoms with Gasteiger partial charge in [-0.05, 0) is 36.0 Å². The SMILES string of the molecule is C[Si](C)(C)C(F)(F)C(F)(F)Sc1ccc(Br)cc1. The lowest BCUT2D eigenvalue weighted by Gasteiger charge is -2.34. The molecule has 7 heteroatoms. The molecule has 0 saturated heterocycles. The average molecular weight is 361 g/mol. The van der Waals surface area contributed by atoms with Gasteiger partial charge in [-0.1, -0.05) is 35.6 Å². The van der Waals surface area contributed by atoms with Crippen LogP contribution in [0.1, 0.15) is 0 Å². The predicted octanol–water partition coefficient (Wildman–Crippen LogP) is 5.65. The van der Waals surface area contributed by atoms with E-state index in [9.17, 15) is 17.6 Å². The van der Waals surface area contributed by atoms with Crippen molar-refractivity contribution in [1.29, 1.82) is 0 Å². The Bertz CT molecular complexity index is 414. The predicted molar refractivity (Wildman–Crippen MR) is 73.2 cm³/mol. The monoisotopic (exact) mass is 360 g/mol. The maximum Gasteiger partial charge on any atom is 0.356 e. The summed E-state index contributed by atoms with van der Waals surface area (Å²) >= 11 is 3.08. The van der Waals surface area contributed by atoms with E-state index in [1.807, 2.05) is 0 Å². The molecule has 0 amide bonds. The van der Waals surface area contributed by atoms with Crippen molar-refractivity contribution in [2.45, 2.75) is 35.3 Å². The molecule has 0 bridgehead atoms. The lowest BCUT2D eigenvalue weighted by Crippen LogP contribution is -2.55. The number of hydrogen-bond acceptors (Lipinski definition) is 1. The van der Waals surface area contributed by atoms with Crippen LogP contribution in [0.2, 0.25) is 19.6 Å². The van der Waals surface area contributed by atoms with Crippen LogP contribution in [0.5, 0.6) is 0 Å². The van der Waals surface area contributed by atoms with E-state index in [-0.39, 0.29) is 16.7 Å². The van der Waals surface area contributed by atoms with Gasteiger partial charge in [0.25, 0.3) is 5.55 Å². The molecule has 0 aliphatic heterocycles. The third kappa shape index (κ3) is 3.30. The van der Waals surface area contributed by atoms with Crippen molar-refractivity contribution >= 4 is 35.8 Å². The van der Waals surface area contributed by atoms with Crippen LogP contribution in [0.4, 0.5) is 17.6 Å². The molecule has 0 aliphatic rings. The first-order valence-corrected chi connectivity index (χ1v) is 10.3. The fourth-order valence-electron chi connectivity index (χ4n) is 1.15. The Labute approximate surface area is 117 Å². The summed E-state index contributed by atoms with van der Waals surface area (Å²) in [5.41, 5.74) is -3.96. The molecule has 0 aromatic heterocycles. The topological polar surface area (TPSA) is 0 Å². The highest BCUT2D eigenvalue weighted by atomic mass is 79.9. The lowest BCUT2D eigenvalue weighted by molar-refractivity contribution is -0.0985. The molecule has 1 rings (SSSR count). The second-order valence-electron chi connectivity index (χ2n) is 4.90. The highest BCUT2D eigenvalue weighted by molar-refractivity contribution is 9.10. The molecule has 0 fully saturated rings. The van der Waals surface area contributed by atoms with Crippen LogP contribution in [0.25, 0.3) is 0 Å². The molecule has 0 saturated carbocycles. The first kappa shape index (κ1) is 16.0. The fraction of sp³-hybridized carbons (Fsp3) is 0.455. The van der Waals surface area contributed by atoms with Gasteiger partial charge >= 0.3 is 5.25 Å². The van der Waals surface area contributed by atoms with E-state index in [1.165, 1.54) is 31.8 Å². The lowest BCUT2D eigenvalue weighted by atomic mass is 10.4. The average Bonchev–Trinajstić information content (AvgIpc) is 2.19. The van der Waals surface area contributed by atoms with Gasteiger partial charge in [0.05, 0.1) is 0 Å². The quantitative estimate of drug-likeness (QED) is 0.380. The third-order valence-corrected chi connectivity index (χ3v) is 6.30. The summed E-state index contributed by atoms with van der Waals surface area (Å²) in [6.07, 6.45) is 0. The minimum absolute atomic E-state index is 0.0810. The van der Waals surface area contributed by atoms with Crippen molar-refractivity contribution in [2.75, 3.05) is 0 Å². The number of alkyl halides is 4. The number of rotatable bonds is 4. The Kier molecular flexibility index (Phi) is 4.61. The number of thioether (sulfide) groups is 1. The Morgan fingerprint density at radius 2 is 1.44 bits per heavy atom. The molecular formula is C11H13BrF4SSi. The second kappa shape index (κ2) is 5.17. The Balaban J connectivity index is 2.97. The normalized spacial score (nSPS) is 13.8. The molecule has 0 unspecified atom stereocenters. The van der Waals surface area contributed by atoms with Crippen LogP contribution in [0, 0.1) is 0 Å². The van der Waals surface area contributed by atoms with Gasteiger partial charge in [-0.15, -0.1) is 0 Å². The van der Waals surface area contributed by atoms with Crippen LogP contribution in [0.3, 0.4) is 0 Å². The molecule has 0 aliphatic carbocycles. The van der Waals surface area contributed by atoms with Crippen molar-refractivity contribution in [3.8, 4) is 0 Å². The second-order valence-corrected chi connectivity index (χ2v) is 12.1. The molecule has 1 aromatic carbocycles. The summed E-state index contributed by atoms with van der Waals surface area (Å²) in [4.78, 5) is 0.126. The van der Waals surface area contributed by atoms with E-state index in [4.69, 9.17) is 0 Å². The summed E-state index contributed by atoms with van der Waals surface area (Å²) in [7, 11) is -3.30. The Morgan fingerprint density at radius 1 is 1.00 bits per heavy atom. The Hall–Kier alpha value is -0.0131. The smallest absolute Gasteiger partial charge is 0.204 e. The number of hydrogen-bond donors (Lipinski definition) is 0. The van der Waals surface area contributed by atoms with Crippen molar-refractivity contribution < 1.29 is 17.6 Å². The summed E-state index contributed by atoms with van der Waals surface area (Å²) in [6.45, 7) is 3.72. The van der Waals surface area contributed by atoms with E-state index in [1.54, 1.807) is 12.1 Å². The van der Waals surface area contributed by atoms with E-state index in [0.29, 0.717) is 4.47 Å². The number of halogens is 5. The molecule has 0 spiro atoms. The van der Waals surface area contributed by atoms with Crippen LogP contribution in [-0.4, -0.2) is 18.9 Å². The molecule has 1 aromatic rings. The molecule has 18 heavy (non-hydrogen) atoms. The van der Waals surface area contributed by atoms with Crippen LogP contribution < -0.4 is 0 Å². The largest absolute Gasteiger partial charge is 0.356 e. The van der Waals surface area contributed by atoms with E-state index < -0.39 is 18.9 Å². The van der Waals surface area contributed by atoms with Gasteiger partial charge < -0.3 is 0 Å². The van der Waals surface area contributed by atoms with Crippen LogP contribution >= 0.6 is 27.7 Å². The Morgan fingerprint density at radius 3 is 1.83 bits per heavy atom. The third-order valence-electron chi connectivity index (χ3n) is 2.37. The van der Waals surface area contributed by atoms with Crippen molar-refractivity contribution in [3.05, 3.63) is 28.7 Å². The van der Waals surface area contributed by atoms with Crippen molar-refractivity contribution in [3.63, 3.8) is 0 Å². The zero-order valence-corrected chi connectivity index (χ0v) is 13.5.